The topological polar surface area (TPSA) is 28.2 Å². The van der Waals surface area contributed by atoms with Crippen molar-refractivity contribution in [2.45, 2.75) is 52.6 Å². The van der Waals surface area contributed by atoms with E-state index in [-0.39, 0.29) is 47.9 Å². The third-order valence-corrected chi connectivity index (χ3v) is 0.990. The number of hydrogen-bond acceptors (Lipinski definition) is 0. The van der Waals surface area contributed by atoms with E-state index < -0.39 is 0 Å². The van der Waals surface area contributed by atoms with Crippen LogP contribution in [0.2, 0.25) is 0 Å². The molecular weight excluding hydrogens is 305 g/mol. The van der Waals surface area contributed by atoms with E-state index in [1.807, 2.05) is 0 Å². The molecule has 0 amide bonds. The van der Waals surface area contributed by atoms with Crippen molar-refractivity contribution in [2.75, 3.05) is 0 Å². The van der Waals surface area contributed by atoms with E-state index in [0.29, 0.717) is 0 Å². The molecule has 0 fully saturated rings. The van der Waals surface area contributed by atoms with Crippen LogP contribution in [0.3, 0.4) is 0 Å². The van der Waals surface area contributed by atoms with E-state index >= 15 is 0 Å². The fourth-order valence-electron chi connectivity index (χ4n) is 0.514. The third kappa shape index (κ3) is 18.3. The summed E-state index contributed by atoms with van der Waals surface area (Å²) in [5, 5.41) is 8.57. The van der Waals surface area contributed by atoms with E-state index in [1.54, 1.807) is 12.4 Å². The van der Waals surface area contributed by atoms with Gasteiger partial charge in [0.2, 0.25) is 0 Å². The normalized spacial score (nSPS) is 11.6. The summed E-state index contributed by atoms with van der Waals surface area (Å²) in [7, 11) is 0. The van der Waals surface area contributed by atoms with Crippen molar-refractivity contribution in [3.63, 3.8) is 0 Å². The van der Waals surface area contributed by atoms with Crippen LogP contribution in [-0.2, 0) is 0 Å². The molecule has 0 aromatic carbocycles. The molecule has 0 aliphatic heterocycles. The Balaban J connectivity index is -0.000000605. The Labute approximate surface area is 112 Å². The summed E-state index contributed by atoms with van der Waals surface area (Å²) in [4.78, 5) is 0. The molecule has 0 saturated heterocycles. The first-order valence-corrected chi connectivity index (χ1v) is 4.30. The Kier molecular flexibility index (Phi) is 11.0. The molecule has 2 nitrogen and oxygen atoms in total. The minimum absolute atomic E-state index is 0. The smallest absolute Gasteiger partial charge is 1.00 e. The molecule has 0 N–H and O–H groups in total. The van der Waals surface area contributed by atoms with Gasteiger partial charge in [-0.25, -0.2) is 12.4 Å². The minimum atomic E-state index is 0. The molecule has 0 heterocycles. The Bertz CT molecular complexity index is 138. The van der Waals surface area contributed by atoms with Crippen LogP contribution in [0.4, 0.5) is 0 Å². The Hall–Kier alpha value is 0.448. The zero-order chi connectivity index (χ0) is 9.83. The molecule has 14 heavy (non-hydrogen) atoms. The predicted octanol–water partition coefficient (Wildman–Crippen LogP) is 0.425. The van der Waals surface area contributed by atoms with Crippen LogP contribution in [0, 0.1) is 0 Å². The van der Waals surface area contributed by atoms with Crippen molar-refractivity contribution >= 4 is 24.4 Å². The zero-order valence-electron chi connectivity index (χ0n) is 9.87. The molecular formula is C10H20ClN2Sb. The second kappa shape index (κ2) is 7.70. The standard InChI is InChI=1S/C10H20N2.ClH.Sb/c1-9(2,3)11-7-8-12-10(4,5)6;;/h7-8H,1-6H3;1H;/q-2;;+3/p-1/b8-7-;;. The average molecular weight is 325 g/mol. The van der Waals surface area contributed by atoms with Gasteiger partial charge in [0.25, 0.3) is 0 Å². The van der Waals surface area contributed by atoms with Gasteiger partial charge in [-0.05, 0) is 0 Å². The van der Waals surface area contributed by atoms with Crippen molar-refractivity contribution in [3.8, 4) is 0 Å². The van der Waals surface area contributed by atoms with E-state index in [0.717, 1.165) is 0 Å². The molecule has 0 unspecified atom stereocenters. The van der Waals surface area contributed by atoms with Crippen molar-refractivity contribution in [2.24, 2.45) is 0 Å². The van der Waals surface area contributed by atoms with Crippen LogP contribution in [0.5, 0.6) is 0 Å². The summed E-state index contributed by atoms with van der Waals surface area (Å²) in [6.45, 7) is 12.4. The number of hydrogen-bond donors (Lipinski definition) is 0. The van der Waals surface area contributed by atoms with E-state index in [9.17, 15) is 0 Å². The zero-order valence-corrected chi connectivity index (χ0v) is 13.2. The minimum Gasteiger partial charge on any atom is -1.00 e. The summed E-state index contributed by atoms with van der Waals surface area (Å²) < 4.78 is 0. The first kappa shape index (κ1) is 19.9. The van der Waals surface area contributed by atoms with Gasteiger partial charge >= 0.3 is 24.4 Å². The summed E-state index contributed by atoms with van der Waals surface area (Å²) in [6.07, 6.45) is 3.54. The summed E-state index contributed by atoms with van der Waals surface area (Å²) in [5.74, 6) is 0. The van der Waals surface area contributed by atoms with Crippen molar-refractivity contribution < 1.29 is 12.4 Å². The molecule has 0 aromatic heterocycles. The fourth-order valence-corrected chi connectivity index (χ4v) is 0.514. The van der Waals surface area contributed by atoms with Crippen LogP contribution in [0.25, 0.3) is 10.6 Å². The molecule has 0 atom stereocenters. The van der Waals surface area contributed by atoms with Crippen LogP contribution >= 0.6 is 0 Å². The fraction of sp³-hybridized carbons (Fsp3) is 0.800. The van der Waals surface area contributed by atoms with E-state index in [1.165, 1.54) is 0 Å². The van der Waals surface area contributed by atoms with Gasteiger partial charge in [-0.3, -0.25) is 0 Å². The molecule has 0 aliphatic carbocycles. The monoisotopic (exact) mass is 324 g/mol. The van der Waals surface area contributed by atoms with Crippen molar-refractivity contribution in [1.82, 2.24) is 0 Å². The maximum Gasteiger partial charge on any atom is 3.00 e. The van der Waals surface area contributed by atoms with Gasteiger partial charge in [0.15, 0.2) is 0 Å². The number of nitrogens with zero attached hydrogens (tertiary/aromatic N) is 2. The van der Waals surface area contributed by atoms with Gasteiger partial charge < -0.3 is 23.0 Å². The summed E-state index contributed by atoms with van der Waals surface area (Å²) in [5.41, 5.74) is 0.00775. The van der Waals surface area contributed by atoms with E-state index in [2.05, 4.69) is 52.2 Å². The Morgan fingerprint density at radius 3 is 1.07 bits per heavy atom. The quantitative estimate of drug-likeness (QED) is 0.659. The van der Waals surface area contributed by atoms with Gasteiger partial charge in [-0.1, -0.05) is 41.5 Å². The first-order valence-electron chi connectivity index (χ1n) is 4.30. The van der Waals surface area contributed by atoms with Crippen molar-refractivity contribution in [3.05, 3.63) is 23.0 Å². The summed E-state index contributed by atoms with van der Waals surface area (Å²) >= 11 is 0. The largest absolute Gasteiger partial charge is 3.00 e. The predicted molar refractivity (Wildman–Crippen MR) is 61.1 cm³/mol. The SMILES string of the molecule is CC(C)(C)[N-]/C=C\[N-]C(C)(C)C.[Cl-].[Sb+3]. The molecule has 0 aliphatic rings. The molecule has 0 saturated carbocycles. The molecule has 82 valence electrons. The van der Waals surface area contributed by atoms with E-state index in [4.69, 9.17) is 0 Å². The van der Waals surface area contributed by atoms with Gasteiger partial charge in [0.1, 0.15) is 0 Å². The second-order valence-electron chi connectivity index (χ2n) is 4.90. The van der Waals surface area contributed by atoms with Crippen LogP contribution < -0.4 is 12.4 Å². The second-order valence-corrected chi connectivity index (χ2v) is 4.90. The van der Waals surface area contributed by atoms with Gasteiger partial charge in [-0.2, -0.15) is 0 Å². The van der Waals surface area contributed by atoms with Crippen molar-refractivity contribution in [1.29, 1.82) is 0 Å². The Morgan fingerprint density at radius 1 is 0.714 bits per heavy atom. The molecule has 0 rings (SSSR count). The third-order valence-electron chi connectivity index (χ3n) is 0.990. The average Bonchev–Trinajstić information content (AvgIpc) is 1.76. The van der Waals surface area contributed by atoms with Crippen LogP contribution in [0.15, 0.2) is 12.4 Å². The van der Waals surface area contributed by atoms with Crippen LogP contribution in [-0.4, -0.2) is 35.5 Å². The van der Waals surface area contributed by atoms with Gasteiger partial charge in [0.05, 0.1) is 0 Å². The van der Waals surface area contributed by atoms with Crippen LogP contribution in [0.1, 0.15) is 41.5 Å². The molecule has 0 bridgehead atoms. The Morgan fingerprint density at radius 2 is 0.929 bits per heavy atom. The number of halogens is 1. The van der Waals surface area contributed by atoms with Gasteiger partial charge in [-0.15, -0.1) is 11.1 Å². The summed E-state index contributed by atoms with van der Waals surface area (Å²) in [6, 6.07) is 0. The molecule has 4 heteroatoms. The first-order chi connectivity index (χ1) is 5.21. The number of rotatable bonds is 2. The van der Waals surface area contributed by atoms with Gasteiger partial charge in [0, 0.05) is 0 Å². The maximum atomic E-state index is 4.29. The molecule has 0 aromatic rings. The maximum absolute atomic E-state index is 4.29. The molecule has 0 spiro atoms. The molecule has 2 radical (unpaired) electrons.